The first-order valence-corrected chi connectivity index (χ1v) is 11.0. The molecule has 0 aliphatic heterocycles. The number of rotatable bonds is 10. The van der Waals surface area contributed by atoms with Crippen molar-refractivity contribution in [3.63, 3.8) is 0 Å². The minimum atomic E-state index is 0.184. The number of hydrogen-bond donors (Lipinski definition) is 0. The van der Waals surface area contributed by atoms with Crippen molar-refractivity contribution in [2.75, 3.05) is 13.2 Å². The van der Waals surface area contributed by atoms with E-state index in [1.165, 1.54) is 26.7 Å². The van der Waals surface area contributed by atoms with Gasteiger partial charge in [-0.2, -0.15) is 0 Å². The van der Waals surface area contributed by atoms with Gasteiger partial charge in [-0.15, -0.1) is 11.3 Å². The second-order valence-electron chi connectivity index (χ2n) is 7.07. The summed E-state index contributed by atoms with van der Waals surface area (Å²) in [5, 5.41) is 0. The Hall–Kier alpha value is -2.04. The van der Waals surface area contributed by atoms with Gasteiger partial charge in [0.2, 0.25) is 0 Å². The van der Waals surface area contributed by atoms with Crippen molar-refractivity contribution < 1.29 is 9.47 Å². The molecule has 2 aromatic heterocycles. The Morgan fingerprint density at radius 3 is 2.39 bits per heavy atom. The molecule has 4 heteroatoms. The lowest BCUT2D eigenvalue weighted by Crippen LogP contribution is -2.10. The SMILES string of the molecule is CCCC(OCC)c1ccc(OCCn2c(C)ccc2-c2ccc(C)s2)cc1. The maximum Gasteiger partial charge on any atom is 0.119 e. The van der Waals surface area contributed by atoms with Crippen LogP contribution in [0.25, 0.3) is 10.6 Å². The number of nitrogens with zero attached hydrogens (tertiary/aromatic N) is 1. The lowest BCUT2D eigenvalue weighted by Gasteiger charge is -2.17. The number of thiophene rings is 1. The molecule has 0 radical (unpaired) electrons. The fourth-order valence-corrected chi connectivity index (χ4v) is 4.40. The fourth-order valence-electron chi connectivity index (χ4n) is 3.50. The summed E-state index contributed by atoms with van der Waals surface area (Å²) < 4.78 is 14.2. The van der Waals surface area contributed by atoms with E-state index in [-0.39, 0.29) is 6.10 Å². The molecule has 0 saturated carbocycles. The summed E-state index contributed by atoms with van der Waals surface area (Å²) in [6.45, 7) is 10.8. The van der Waals surface area contributed by atoms with Gasteiger partial charge in [0, 0.05) is 17.2 Å². The van der Waals surface area contributed by atoms with E-state index in [9.17, 15) is 0 Å². The smallest absolute Gasteiger partial charge is 0.119 e. The van der Waals surface area contributed by atoms with Gasteiger partial charge in [-0.1, -0.05) is 25.5 Å². The monoisotopic (exact) mass is 397 g/mol. The number of hydrogen-bond acceptors (Lipinski definition) is 3. The van der Waals surface area contributed by atoms with Crippen molar-refractivity contribution in [2.45, 2.75) is 53.2 Å². The van der Waals surface area contributed by atoms with Crippen LogP contribution in [0.15, 0.2) is 48.5 Å². The lowest BCUT2D eigenvalue weighted by atomic mass is 10.1. The van der Waals surface area contributed by atoms with Crippen molar-refractivity contribution in [1.29, 1.82) is 0 Å². The van der Waals surface area contributed by atoms with Gasteiger partial charge in [0.15, 0.2) is 0 Å². The van der Waals surface area contributed by atoms with Crippen molar-refractivity contribution in [3.05, 3.63) is 64.7 Å². The van der Waals surface area contributed by atoms with E-state index >= 15 is 0 Å². The third-order valence-corrected chi connectivity index (χ3v) is 5.97. The average Bonchev–Trinajstić information content (AvgIpc) is 3.28. The van der Waals surface area contributed by atoms with E-state index in [4.69, 9.17) is 9.47 Å². The molecule has 1 atom stereocenters. The largest absolute Gasteiger partial charge is 0.492 e. The highest BCUT2D eigenvalue weighted by Crippen LogP contribution is 2.29. The highest BCUT2D eigenvalue weighted by atomic mass is 32.1. The summed E-state index contributed by atoms with van der Waals surface area (Å²) in [7, 11) is 0. The van der Waals surface area contributed by atoms with Crippen LogP contribution in [0.4, 0.5) is 0 Å². The van der Waals surface area contributed by atoms with Crippen LogP contribution in [0, 0.1) is 13.8 Å². The van der Waals surface area contributed by atoms with Crippen molar-refractivity contribution in [3.8, 4) is 16.3 Å². The topological polar surface area (TPSA) is 23.4 Å². The molecule has 0 amide bonds. The van der Waals surface area contributed by atoms with Crippen LogP contribution in [0.3, 0.4) is 0 Å². The molecular formula is C24H31NO2S. The third-order valence-electron chi connectivity index (χ3n) is 4.95. The average molecular weight is 398 g/mol. The van der Waals surface area contributed by atoms with Crippen LogP contribution in [0.1, 0.15) is 48.9 Å². The quantitative estimate of drug-likeness (QED) is 0.376. The summed E-state index contributed by atoms with van der Waals surface area (Å²) in [6, 6.07) is 17.1. The van der Waals surface area contributed by atoms with E-state index in [2.05, 4.69) is 80.8 Å². The number of benzene rings is 1. The van der Waals surface area contributed by atoms with Gasteiger partial charge in [0.1, 0.15) is 12.4 Å². The van der Waals surface area contributed by atoms with Crippen LogP contribution in [0.2, 0.25) is 0 Å². The summed E-state index contributed by atoms with van der Waals surface area (Å²) >= 11 is 1.84. The molecule has 3 rings (SSSR count). The summed E-state index contributed by atoms with van der Waals surface area (Å²) in [5.41, 5.74) is 3.76. The zero-order valence-electron chi connectivity index (χ0n) is 17.4. The van der Waals surface area contributed by atoms with E-state index in [1.807, 2.05) is 11.3 Å². The van der Waals surface area contributed by atoms with E-state index < -0.39 is 0 Å². The first-order valence-electron chi connectivity index (χ1n) is 10.2. The maximum absolute atomic E-state index is 6.03. The Kier molecular flexibility index (Phi) is 7.35. The molecule has 1 unspecified atom stereocenters. The molecule has 0 spiro atoms. The molecule has 0 aliphatic carbocycles. The zero-order chi connectivity index (χ0) is 19.9. The number of ether oxygens (including phenoxy) is 2. The molecule has 2 heterocycles. The Morgan fingerprint density at radius 1 is 0.964 bits per heavy atom. The second-order valence-corrected chi connectivity index (χ2v) is 8.36. The zero-order valence-corrected chi connectivity index (χ0v) is 18.2. The summed E-state index contributed by atoms with van der Waals surface area (Å²) in [6.07, 6.45) is 2.35. The van der Waals surface area contributed by atoms with Crippen LogP contribution in [-0.4, -0.2) is 17.8 Å². The second kappa shape index (κ2) is 9.94. The van der Waals surface area contributed by atoms with Gasteiger partial charge in [0.05, 0.1) is 23.2 Å². The highest BCUT2D eigenvalue weighted by molar-refractivity contribution is 7.15. The van der Waals surface area contributed by atoms with Crippen LogP contribution in [0.5, 0.6) is 5.75 Å². The van der Waals surface area contributed by atoms with Gasteiger partial charge >= 0.3 is 0 Å². The lowest BCUT2D eigenvalue weighted by molar-refractivity contribution is 0.0556. The minimum absolute atomic E-state index is 0.184. The Bertz CT molecular complexity index is 857. The molecule has 0 bridgehead atoms. The standard InChI is InChI=1S/C24H31NO2S/c1-5-7-23(26-6-2)20-10-12-21(13-11-20)27-17-16-25-18(3)8-14-22(25)24-15-9-19(4)28-24/h8-15,23H,5-7,16-17H2,1-4H3. The molecule has 0 N–H and O–H groups in total. The molecular weight excluding hydrogens is 366 g/mol. The molecule has 150 valence electrons. The molecule has 28 heavy (non-hydrogen) atoms. The van der Waals surface area contributed by atoms with Gasteiger partial charge in [-0.05, 0) is 69.2 Å². The van der Waals surface area contributed by atoms with Gasteiger partial charge in [0.25, 0.3) is 0 Å². The highest BCUT2D eigenvalue weighted by Gasteiger charge is 2.11. The van der Waals surface area contributed by atoms with Gasteiger partial charge in [-0.3, -0.25) is 0 Å². The fraction of sp³-hybridized carbons (Fsp3) is 0.417. The third kappa shape index (κ3) is 5.06. The van der Waals surface area contributed by atoms with E-state index in [0.29, 0.717) is 6.61 Å². The number of aryl methyl sites for hydroxylation is 2. The van der Waals surface area contributed by atoms with E-state index in [0.717, 1.165) is 31.7 Å². The predicted molar refractivity (Wildman–Crippen MR) is 118 cm³/mol. The molecule has 0 fully saturated rings. The van der Waals surface area contributed by atoms with Crippen molar-refractivity contribution in [1.82, 2.24) is 4.57 Å². The van der Waals surface area contributed by atoms with Crippen molar-refractivity contribution >= 4 is 11.3 Å². The van der Waals surface area contributed by atoms with Crippen LogP contribution in [-0.2, 0) is 11.3 Å². The predicted octanol–water partition coefficient (Wildman–Crippen LogP) is 6.79. The minimum Gasteiger partial charge on any atom is -0.492 e. The summed E-state index contributed by atoms with van der Waals surface area (Å²) in [5.74, 6) is 0.911. The Morgan fingerprint density at radius 2 is 1.75 bits per heavy atom. The van der Waals surface area contributed by atoms with Crippen LogP contribution >= 0.6 is 11.3 Å². The molecule has 1 aromatic carbocycles. The molecule has 3 nitrogen and oxygen atoms in total. The first-order chi connectivity index (χ1) is 13.6. The first kappa shape index (κ1) is 20.7. The molecule has 0 saturated heterocycles. The van der Waals surface area contributed by atoms with Crippen molar-refractivity contribution in [2.24, 2.45) is 0 Å². The van der Waals surface area contributed by atoms with Gasteiger partial charge in [-0.25, -0.2) is 0 Å². The molecule has 3 aromatic rings. The van der Waals surface area contributed by atoms with Crippen LogP contribution < -0.4 is 4.74 Å². The summed E-state index contributed by atoms with van der Waals surface area (Å²) in [4.78, 5) is 2.65. The number of aromatic nitrogens is 1. The Labute approximate surface area is 172 Å². The van der Waals surface area contributed by atoms with Gasteiger partial charge < -0.3 is 14.0 Å². The Balaban J connectivity index is 1.61. The normalized spacial score (nSPS) is 12.3. The molecule has 0 aliphatic rings. The maximum atomic E-state index is 6.03. The van der Waals surface area contributed by atoms with E-state index in [1.54, 1.807) is 0 Å².